The molecule has 0 fully saturated rings. The van der Waals surface area contributed by atoms with Crippen LogP contribution in [0.15, 0.2) is 84.9 Å². The van der Waals surface area contributed by atoms with Crippen molar-refractivity contribution in [2.75, 3.05) is 12.0 Å². The number of para-hydroxylation sites is 1. The largest absolute Gasteiger partial charge is 0.480 e. The molecule has 7 nitrogen and oxygen atoms in total. The van der Waals surface area contributed by atoms with Gasteiger partial charge >= 0.3 is 5.97 Å². The Kier molecular flexibility index (Phi) is 9.48. The molecule has 4 aromatic rings. The molecule has 0 saturated carbocycles. The third-order valence-corrected chi connectivity index (χ3v) is 6.65. The second-order valence-electron chi connectivity index (χ2n) is 8.81. The van der Waals surface area contributed by atoms with Gasteiger partial charge in [0.25, 0.3) is 5.91 Å². The molecule has 1 aromatic heterocycles. The van der Waals surface area contributed by atoms with Crippen LogP contribution >= 0.6 is 11.8 Å². The lowest BCUT2D eigenvalue weighted by atomic mass is 9.93. The lowest BCUT2D eigenvalue weighted by Crippen LogP contribution is -2.41. The van der Waals surface area contributed by atoms with E-state index in [0.717, 1.165) is 22.3 Å². The lowest BCUT2D eigenvalue weighted by molar-refractivity contribution is -0.139. The molecule has 3 aromatic carbocycles. The smallest absolute Gasteiger partial charge is 0.326 e. The number of benzene rings is 3. The van der Waals surface area contributed by atoms with E-state index in [2.05, 4.69) is 15.5 Å². The van der Waals surface area contributed by atoms with Crippen molar-refractivity contribution < 1.29 is 19.4 Å². The number of ether oxygens (including phenoxy) is 1. The van der Waals surface area contributed by atoms with Crippen LogP contribution in [0.3, 0.4) is 0 Å². The number of rotatable bonds is 11. The molecule has 4 rings (SSSR count). The van der Waals surface area contributed by atoms with Gasteiger partial charge in [0.05, 0.1) is 5.69 Å². The minimum Gasteiger partial charge on any atom is -0.480 e. The molecule has 2 N–H and O–H groups in total. The second kappa shape index (κ2) is 13.4. The Labute approximate surface area is 232 Å². The first-order valence-corrected chi connectivity index (χ1v) is 13.8. The second-order valence-corrected chi connectivity index (χ2v) is 9.80. The Balaban J connectivity index is 1.58. The summed E-state index contributed by atoms with van der Waals surface area (Å²) in [6, 6.07) is 25.2. The van der Waals surface area contributed by atoms with E-state index in [1.54, 1.807) is 12.1 Å². The number of carbonyl (C=O) groups is 2. The zero-order valence-electron chi connectivity index (χ0n) is 21.7. The molecule has 1 amide bonds. The van der Waals surface area contributed by atoms with Crippen molar-refractivity contribution in [3.63, 3.8) is 0 Å². The van der Waals surface area contributed by atoms with Crippen LogP contribution < -0.4 is 10.1 Å². The monoisotopic (exact) mass is 539 g/mol. The number of thioether (sulfide) groups is 1. The number of hydrogen-bond donors (Lipinski definition) is 2. The number of carbonyl (C=O) groups excluding carboxylic acids is 1. The Morgan fingerprint density at radius 1 is 0.949 bits per heavy atom. The van der Waals surface area contributed by atoms with Gasteiger partial charge in [-0.2, -0.15) is 11.8 Å². The highest BCUT2D eigenvalue weighted by molar-refractivity contribution is 7.98. The first kappa shape index (κ1) is 27.6. The number of aromatic nitrogens is 2. The zero-order chi connectivity index (χ0) is 27.6. The molecule has 0 aliphatic carbocycles. The minimum absolute atomic E-state index is 0.346. The van der Waals surface area contributed by atoms with Crippen molar-refractivity contribution in [2.45, 2.75) is 19.4 Å². The number of nitrogens with zero attached hydrogens (tertiary/aromatic N) is 2. The van der Waals surface area contributed by atoms with Crippen molar-refractivity contribution >= 4 is 35.8 Å². The molecule has 39 heavy (non-hydrogen) atoms. The van der Waals surface area contributed by atoms with Crippen molar-refractivity contribution in [2.24, 2.45) is 0 Å². The van der Waals surface area contributed by atoms with E-state index >= 15 is 0 Å². The van der Waals surface area contributed by atoms with Gasteiger partial charge in [-0.3, -0.25) is 4.79 Å². The molecule has 8 heteroatoms. The van der Waals surface area contributed by atoms with Crippen LogP contribution in [0.4, 0.5) is 0 Å². The van der Waals surface area contributed by atoms with Gasteiger partial charge in [0, 0.05) is 11.6 Å². The molecule has 0 unspecified atom stereocenters. The molecule has 198 valence electrons. The average molecular weight is 540 g/mol. The highest BCUT2D eigenvalue weighted by Crippen LogP contribution is 2.29. The van der Waals surface area contributed by atoms with Crippen molar-refractivity contribution in [1.29, 1.82) is 0 Å². The summed E-state index contributed by atoms with van der Waals surface area (Å²) in [7, 11) is 0. The summed E-state index contributed by atoms with van der Waals surface area (Å²) >= 11 is 1.54. The summed E-state index contributed by atoms with van der Waals surface area (Å²) in [4.78, 5) is 25.0. The summed E-state index contributed by atoms with van der Waals surface area (Å²) in [5.74, 6) is 0.246. The minimum atomic E-state index is -1.05. The third-order valence-electron chi connectivity index (χ3n) is 6.01. The van der Waals surface area contributed by atoms with Crippen LogP contribution in [-0.4, -0.2) is 45.2 Å². The topological polar surface area (TPSA) is 101 Å². The lowest BCUT2D eigenvalue weighted by Gasteiger charge is -2.17. The average Bonchev–Trinajstić information content (AvgIpc) is 2.95. The molecular weight excluding hydrogens is 510 g/mol. The Morgan fingerprint density at radius 3 is 2.41 bits per heavy atom. The van der Waals surface area contributed by atoms with Gasteiger partial charge in [-0.1, -0.05) is 54.6 Å². The fraction of sp³-hybridized carbons (Fsp3) is 0.161. The van der Waals surface area contributed by atoms with Crippen molar-refractivity contribution in [3.05, 3.63) is 107 Å². The van der Waals surface area contributed by atoms with Gasteiger partial charge in [0.1, 0.15) is 11.8 Å². The van der Waals surface area contributed by atoms with Gasteiger partial charge in [0.15, 0.2) is 0 Å². The first-order valence-electron chi connectivity index (χ1n) is 12.4. The predicted molar refractivity (Wildman–Crippen MR) is 156 cm³/mol. The molecule has 1 heterocycles. The van der Waals surface area contributed by atoms with E-state index in [1.807, 2.05) is 98.1 Å². The summed E-state index contributed by atoms with van der Waals surface area (Å²) in [6.07, 6.45) is 5.98. The van der Waals surface area contributed by atoms with Gasteiger partial charge in [-0.15, -0.1) is 10.2 Å². The third kappa shape index (κ3) is 7.55. The number of hydrogen-bond acceptors (Lipinski definition) is 6. The highest BCUT2D eigenvalue weighted by atomic mass is 32.2. The highest BCUT2D eigenvalue weighted by Gasteiger charge is 2.22. The molecular formula is C31H29N3O4S. The predicted octanol–water partition coefficient (Wildman–Crippen LogP) is 6.35. The van der Waals surface area contributed by atoms with Crippen molar-refractivity contribution in [3.8, 4) is 22.8 Å². The standard InChI is InChI=1S/C31H29N3O4S/c1-21-8-6-7-11-25(21)27-20-22(13-16-26(27)30(35)32-28(31(36)37)18-19-39-2)12-14-23-15-17-29(34-33-23)38-24-9-4-3-5-10-24/h3-17,20,28H,18-19H2,1-2H3,(H,32,35)(H,36,37)/t28-/m0/s1. The number of carboxylic acid groups (broad SMARTS) is 1. The summed E-state index contributed by atoms with van der Waals surface area (Å²) in [5.41, 5.74) is 4.54. The normalized spacial score (nSPS) is 11.7. The van der Waals surface area contributed by atoms with E-state index in [1.165, 1.54) is 11.8 Å². The zero-order valence-corrected chi connectivity index (χ0v) is 22.5. The Hall–Kier alpha value is -4.43. The Morgan fingerprint density at radius 2 is 1.72 bits per heavy atom. The molecule has 0 aliphatic rings. The maximum absolute atomic E-state index is 13.3. The maximum Gasteiger partial charge on any atom is 0.326 e. The van der Waals surface area contributed by atoms with Crippen LogP contribution in [-0.2, 0) is 4.79 Å². The first-order chi connectivity index (χ1) is 18.9. The van der Waals surface area contributed by atoms with Crippen LogP contribution in [0.25, 0.3) is 23.3 Å². The van der Waals surface area contributed by atoms with Gasteiger partial charge in [-0.25, -0.2) is 4.79 Å². The van der Waals surface area contributed by atoms with Gasteiger partial charge < -0.3 is 15.2 Å². The molecule has 0 saturated heterocycles. The van der Waals surface area contributed by atoms with Gasteiger partial charge in [0.2, 0.25) is 5.88 Å². The van der Waals surface area contributed by atoms with E-state index in [9.17, 15) is 14.7 Å². The fourth-order valence-electron chi connectivity index (χ4n) is 3.96. The van der Waals surface area contributed by atoms with Crippen LogP contribution in [0, 0.1) is 6.92 Å². The molecule has 0 aliphatic heterocycles. The van der Waals surface area contributed by atoms with E-state index < -0.39 is 17.9 Å². The number of carboxylic acids is 1. The number of nitrogens with one attached hydrogen (secondary N) is 1. The fourth-order valence-corrected chi connectivity index (χ4v) is 4.43. The SMILES string of the molecule is CSCC[C@H](NC(=O)c1ccc(C=Cc2ccc(Oc3ccccc3)nn2)cc1-c1ccccc1C)C(=O)O. The van der Waals surface area contributed by atoms with Crippen LogP contribution in [0.2, 0.25) is 0 Å². The van der Waals surface area contributed by atoms with E-state index in [0.29, 0.717) is 35.1 Å². The Bertz CT molecular complexity index is 1460. The van der Waals surface area contributed by atoms with Crippen molar-refractivity contribution in [1.82, 2.24) is 15.5 Å². The van der Waals surface area contributed by atoms with Crippen LogP contribution in [0.5, 0.6) is 11.6 Å². The molecule has 0 bridgehead atoms. The summed E-state index contributed by atoms with van der Waals surface area (Å²) in [5, 5.41) is 20.6. The van der Waals surface area contributed by atoms with Crippen LogP contribution in [0.1, 0.15) is 33.6 Å². The van der Waals surface area contributed by atoms with E-state index in [-0.39, 0.29) is 0 Å². The maximum atomic E-state index is 13.3. The number of aryl methyl sites for hydroxylation is 1. The van der Waals surface area contributed by atoms with E-state index in [4.69, 9.17) is 4.74 Å². The number of amides is 1. The molecule has 0 spiro atoms. The summed E-state index contributed by atoms with van der Waals surface area (Å²) in [6.45, 7) is 1.98. The van der Waals surface area contributed by atoms with Gasteiger partial charge in [-0.05, 0) is 84.0 Å². The molecule has 0 radical (unpaired) electrons. The number of aliphatic carboxylic acids is 1. The summed E-state index contributed by atoms with van der Waals surface area (Å²) < 4.78 is 5.70. The molecule has 1 atom stereocenters. The quantitative estimate of drug-likeness (QED) is 0.229.